The fraction of sp³-hybridized carbons (Fsp3) is 0.333. The summed E-state index contributed by atoms with van der Waals surface area (Å²) in [7, 11) is -3.22. The van der Waals surface area contributed by atoms with Gasteiger partial charge in [-0.25, -0.2) is 13.1 Å². The van der Waals surface area contributed by atoms with Crippen LogP contribution in [0.1, 0.15) is 32.3 Å². The molecule has 0 saturated heterocycles. The highest BCUT2D eigenvalue weighted by Gasteiger charge is 2.17. The van der Waals surface area contributed by atoms with Crippen molar-refractivity contribution in [1.29, 1.82) is 0 Å². The molecule has 4 nitrogen and oxygen atoms in total. The van der Waals surface area contributed by atoms with E-state index in [1.807, 2.05) is 55.5 Å². The van der Waals surface area contributed by atoms with Crippen LogP contribution in [0.4, 0.5) is 5.69 Å². The molecule has 1 unspecified atom stereocenters. The summed E-state index contributed by atoms with van der Waals surface area (Å²) >= 11 is 0. The minimum atomic E-state index is -3.22. The minimum Gasteiger partial charge on any atom is -0.398 e. The first-order valence-electron chi connectivity index (χ1n) is 7.74. The van der Waals surface area contributed by atoms with E-state index < -0.39 is 15.3 Å². The van der Waals surface area contributed by atoms with Crippen LogP contribution < -0.4 is 10.5 Å². The molecule has 0 aliphatic carbocycles. The number of benzene rings is 2. The van der Waals surface area contributed by atoms with E-state index in [1.54, 1.807) is 13.8 Å². The highest BCUT2D eigenvalue weighted by Crippen LogP contribution is 2.27. The number of hydrogen-bond acceptors (Lipinski definition) is 3. The van der Waals surface area contributed by atoms with Crippen molar-refractivity contribution >= 4 is 15.7 Å². The average molecular weight is 332 g/mol. The molecular weight excluding hydrogens is 308 g/mol. The molecule has 2 aromatic carbocycles. The maximum absolute atomic E-state index is 11.8. The molecule has 124 valence electrons. The van der Waals surface area contributed by atoms with Crippen molar-refractivity contribution in [2.75, 3.05) is 12.3 Å². The van der Waals surface area contributed by atoms with Crippen molar-refractivity contribution in [2.24, 2.45) is 0 Å². The Morgan fingerprint density at radius 1 is 1.00 bits per heavy atom. The van der Waals surface area contributed by atoms with Gasteiger partial charge in [0.2, 0.25) is 10.0 Å². The van der Waals surface area contributed by atoms with Gasteiger partial charge in [-0.05, 0) is 37.0 Å². The standard InChI is InChI=1S/C18H24N2O2S/c1-13(2)23(21,22)20-12-14(3)15-8-10-16(11-9-15)17-6-4-5-7-18(17)19/h4-11,13-14,20H,12,19H2,1-3H3. The smallest absolute Gasteiger partial charge is 0.213 e. The van der Waals surface area contributed by atoms with Crippen LogP contribution in [0, 0.1) is 0 Å². The number of nitrogens with two attached hydrogens (primary N) is 1. The Morgan fingerprint density at radius 2 is 1.61 bits per heavy atom. The zero-order valence-electron chi connectivity index (χ0n) is 13.8. The summed E-state index contributed by atoms with van der Waals surface area (Å²) in [6.45, 7) is 5.75. The lowest BCUT2D eigenvalue weighted by molar-refractivity contribution is 0.566. The molecule has 0 heterocycles. The summed E-state index contributed by atoms with van der Waals surface area (Å²) in [6.07, 6.45) is 0. The van der Waals surface area contributed by atoms with Crippen LogP contribution in [0.3, 0.4) is 0 Å². The van der Waals surface area contributed by atoms with E-state index in [2.05, 4.69) is 4.72 Å². The average Bonchev–Trinajstić information content (AvgIpc) is 2.53. The maximum atomic E-state index is 11.8. The van der Waals surface area contributed by atoms with Crippen LogP contribution in [-0.2, 0) is 10.0 Å². The van der Waals surface area contributed by atoms with Gasteiger partial charge in [-0.3, -0.25) is 0 Å². The number of para-hydroxylation sites is 1. The Balaban J connectivity index is 2.09. The van der Waals surface area contributed by atoms with Gasteiger partial charge in [-0.1, -0.05) is 49.4 Å². The van der Waals surface area contributed by atoms with Crippen LogP contribution in [0.2, 0.25) is 0 Å². The van der Waals surface area contributed by atoms with Crippen LogP contribution in [0.25, 0.3) is 11.1 Å². The van der Waals surface area contributed by atoms with Crippen molar-refractivity contribution in [3.63, 3.8) is 0 Å². The molecule has 0 amide bonds. The van der Waals surface area contributed by atoms with Crippen molar-refractivity contribution < 1.29 is 8.42 Å². The topological polar surface area (TPSA) is 72.2 Å². The summed E-state index contributed by atoms with van der Waals surface area (Å²) < 4.78 is 26.3. The van der Waals surface area contributed by atoms with Gasteiger partial charge < -0.3 is 5.73 Å². The quantitative estimate of drug-likeness (QED) is 0.797. The molecule has 3 N–H and O–H groups in total. The van der Waals surface area contributed by atoms with Crippen molar-refractivity contribution in [3.05, 3.63) is 54.1 Å². The van der Waals surface area contributed by atoms with Crippen LogP contribution in [-0.4, -0.2) is 20.2 Å². The Hall–Kier alpha value is -1.85. The summed E-state index contributed by atoms with van der Waals surface area (Å²) in [6, 6.07) is 15.8. The Morgan fingerprint density at radius 3 is 2.17 bits per heavy atom. The molecule has 0 fully saturated rings. The highest BCUT2D eigenvalue weighted by molar-refractivity contribution is 7.90. The molecule has 0 aliphatic rings. The number of hydrogen-bond donors (Lipinski definition) is 2. The molecule has 1 atom stereocenters. The van der Waals surface area contributed by atoms with Gasteiger partial charge in [0.1, 0.15) is 0 Å². The van der Waals surface area contributed by atoms with E-state index >= 15 is 0 Å². The Labute approximate surface area is 138 Å². The fourth-order valence-corrected chi connectivity index (χ4v) is 3.09. The van der Waals surface area contributed by atoms with E-state index in [-0.39, 0.29) is 5.92 Å². The third-order valence-corrected chi connectivity index (χ3v) is 5.77. The summed E-state index contributed by atoms with van der Waals surface area (Å²) in [5.41, 5.74) is 9.90. The third kappa shape index (κ3) is 4.33. The molecule has 0 aliphatic heterocycles. The second kappa shape index (κ2) is 7.15. The van der Waals surface area contributed by atoms with Gasteiger partial charge in [0.15, 0.2) is 0 Å². The normalized spacial score (nSPS) is 13.2. The lowest BCUT2D eigenvalue weighted by Gasteiger charge is -2.15. The molecule has 0 spiro atoms. The molecular formula is C18H24N2O2S. The highest BCUT2D eigenvalue weighted by atomic mass is 32.2. The lowest BCUT2D eigenvalue weighted by Crippen LogP contribution is -2.33. The van der Waals surface area contributed by atoms with Crippen molar-refractivity contribution in [3.8, 4) is 11.1 Å². The number of rotatable bonds is 6. The predicted octanol–water partition coefficient (Wildman–Crippen LogP) is 3.37. The van der Waals surface area contributed by atoms with Gasteiger partial charge in [0.25, 0.3) is 0 Å². The molecule has 5 heteroatoms. The molecule has 2 aromatic rings. The fourth-order valence-electron chi connectivity index (χ4n) is 2.28. The van der Waals surface area contributed by atoms with Gasteiger partial charge in [-0.15, -0.1) is 0 Å². The monoisotopic (exact) mass is 332 g/mol. The summed E-state index contributed by atoms with van der Waals surface area (Å²) in [5, 5.41) is -0.418. The Bertz CT molecular complexity index is 753. The molecule has 0 aromatic heterocycles. The van der Waals surface area contributed by atoms with Gasteiger partial charge in [0.05, 0.1) is 5.25 Å². The summed E-state index contributed by atoms with van der Waals surface area (Å²) in [4.78, 5) is 0. The van der Waals surface area contributed by atoms with Crippen molar-refractivity contribution in [1.82, 2.24) is 4.72 Å². The van der Waals surface area contributed by atoms with Gasteiger partial charge in [-0.2, -0.15) is 0 Å². The second-order valence-corrected chi connectivity index (χ2v) is 8.37. The summed E-state index contributed by atoms with van der Waals surface area (Å²) in [5.74, 6) is 0.102. The predicted molar refractivity (Wildman–Crippen MR) is 96.8 cm³/mol. The molecule has 0 bridgehead atoms. The minimum absolute atomic E-state index is 0.102. The SMILES string of the molecule is CC(CNS(=O)(=O)C(C)C)c1ccc(-c2ccccc2N)cc1. The second-order valence-electron chi connectivity index (χ2n) is 6.05. The zero-order chi connectivity index (χ0) is 17.0. The number of anilines is 1. The van der Waals surface area contributed by atoms with E-state index in [0.717, 1.165) is 22.4 Å². The van der Waals surface area contributed by atoms with E-state index in [9.17, 15) is 8.42 Å². The first-order valence-corrected chi connectivity index (χ1v) is 9.29. The molecule has 0 saturated carbocycles. The number of nitrogen functional groups attached to an aromatic ring is 1. The zero-order valence-corrected chi connectivity index (χ0v) is 14.6. The molecule has 0 radical (unpaired) electrons. The first kappa shape index (κ1) is 17.5. The lowest BCUT2D eigenvalue weighted by atomic mass is 9.97. The number of sulfonamides is 1. The van der Waals surface area contributed by atoms with Crippen LogP contribution in [0.5, 0.6) is 0 Å². The maximum Gasteiger partial charge on any atom is 0.213 e. The molecule has 2 rings (SSSR count). The van der Waals surface area contributed by atoms with Crippen molar-refractivity contribution in [2.45, 2.75) is 31.9 Å². The van der Waals surface area contributed by atoms with E-state index in [1.165, 1.54) is 0 Å². The van der Waals surface area contributed by atoms with E-state index in [0.29, 0.717) is 6.54 Å². The molecule has 23 heavy (non-hydrogen) atoms. The number of nitrogens with one attached hydrogen (secondary N) is 1. The van der Waals surface area contributed by atoms with Crippen LogP contribution in [0.15, 0.2) is 48.5 Å². The largest absolute Gasteiger partial charge is 0.398 e. The first-order chi connectivity index (χ1) is 10.8. The Kier molecular flexibility index (Phi) is 5.44. The van der Waals surface area contributed by atoms with Gasteiger partial charge >= 0.3 is 0 Å². The third-order valence-electron chi connectivity index (χ3n) is 3.96. The van der Waals surface area contributed by atoms with Gasteiger partial charge in [0, 0.05) is 17.8 Å². The van der Waals surface area contributed by atoms with E-state index in [4.69, 9.17) is 5.73 Å². The van der Waals surface area contributed by atoms with Crippen LogP contribution >= 0.6 is 0 Å².